The van der Waals surface area contributed by atoms with Crippen molar-refractivity contribution in [1.82, 2.24) is 0 Å². The van der Waals surface area contributed by atoms with Crippen LogP contribution in [-0.4, -0.2) is 10.5 Å². The van der Waals surface area contributed by atoms with Gasteiger partial charge in [-0.2, -0.15) is 0 Å². The number of para-hydroxylation sites is 1. The number of benzene rings is 1. The molecule has 19 heavy (non-hydrogen) atoms. The summed E-state index contributed by atoms with van der Waals surface area (Å²) >= 11 is 0. The largest absolute Gasteiger partial charge is 0.325 e. The summed E-state index contributed by atoms with van der Waals surface area (Å²) in [6.07, 6.45) is 6.05. The first-order chi connectivity index (χ1) is 9.04. The molecular weight excluding hydrogens is 240 g/mol. The lowest BCUT2D eigenvalue weighted by atomic mass is 9.73. The van der Waals surface area contributed by atoms with Crippen LogP contribution in [0, 0.1) is 16.0 Å². The SMILES string of the molecule is CCC1CCC(N)(Cc2ccccc2[N+](=O)[O-])CC1. The van der Waals surface area contributed by atoms with Gasteiger partial charge in [0.1, 0.15) is 0 Å². The molecule has 1 aromatic rings. The van der Waals surface area contributed by atoms with Crippen LogP contribution in [-0.2, 0) is 6.42 Å². The minimum atomic E-state index is -0.309. The maximum atomic E-state index is 11.0. The fraction of sp³-hybridized carbons (Fsp3) is 0.600. The van der Waals surface area contributed by atoms with Gasteiger partial charge in [0.15, 0.2) is 0 Å². The second-order valence-corrected chi connectivity index (χ2v) is 5.78. The summed E-state index contributed by atoms with van der Waals surface area (Å²) in [6, 6.07) is 6.96. The van der Waals surface area contributed by atoms with Crippen molar-refractivity contribution in [3.63, 3.8) is 0 Å². The highest BCUT2D eigenvalue weighted by molar-refractivity contribution is 5.40. The van der Waals surface area contributed by atoms with Gasteiger partial charge < -0.3 is 5.73 Å². The van der Waals surface area contributed by atoms with Gasteiger partial charge in [-0.1, -0.05) is 31.5 Å². The van der Waals surface area contributed by atoms with E-state index in [0.29, 0.717) is 6.42 Å². The van der Waals surface area contributed by atoms with Gasteiger partial charge in [-0.3, -0.25) is 10.1 Å². The van der Waals surface area contributed by atoms with Gasteiger partial charge >= 0.3 is 0 Å². The molecule has 0 unspecified atom stereocenters. The Morgan fingerprint density at radius 1 is 1.37 bits per heavy atom. The molecule has 4 heteroatoms. The third-order valence-corrected chi connectivity index (χ3v) is 4.41. The zero-order chi connectivity index (χ0) is 13.9. The molecule has 4 nitrogen and oxygen atoms in total. The first-order valence-corrected chi connectivity index (χ1v) is 7.05. The van der Waals surface area contributed by atoms with Crippen LogP contribution >= 0.6 is 0 Å². The monoisotopic (exact) mass is 262 g/mol. The van der Waals surface area contributed by atoms with Crippen molar-refractivity contribution < 1.29 is 4.92 Å². The van der Waals surface area contributed by atoms with Crippen molar-refractivity contribution in [1.29, 1.82) is 0 Å². The predicted molar refractivity (Wildman–Crippen MR) is 76.0 cm³/mol. The number of nitro groups is 1. The van der Waals surface area contributed by atoms with Gasteiger partial charge in [-0.05, 0) is 38.0 Å². The highest BCUT2D eigenvalue weighted by Gasteiger charge is 2.32. The lowest BCUT2D eigenvalue weighted by molar-refractivity contribution is -0.385. The van der Waals surface area contributed by atoms with E-state index in [1.807, 2.05) is 12.1 Å². The van der Waals surface area contributed by atoms with E-state index >= 15 is 0 Å². The lowest BCUT2D eigenvalue weighted by Gasteiger charge is -2.37. The fourth-order valence-corrected chi connectivity index (χ4v) is 3.06. The average Bonchev–Trinajstić information content (AvgIpc) is 2.39. The molecule has 0 amide bonds. The molecule has 0 heterocycles. The Morgan fingerprint density at radius 3 is 2.58 bits per heavy atom. The maximum absolute atomic E-state index is 11.0. The van der Waals surface area contributed by atoms with E-state index in [2.05, 4.69) is 6.92 Å². The number of nitrogens with zero attached hydrogens (tertiary/aromatic N) is 1. The summed E-state index contributed by atoms with van der Waals surface area (Å²) < 4.78 is 0. The predicted octanol–water partition coefficient (Wildman–Crippen LogP) is 3.44. The first-order valence-electron chi connectivity index (χ1n) is 7.05. The summed E-state index contributed by atoms with van der Waals surface area (Å²) in [7, 11) is 0. The van der Waals surface area contributed by atoms with Crippen LogP contribution in [0.5, 0.6) is 0 Å². The molecule has 0 aliphatic heterocycles. The number of nitro benzene ring substituents is 1. The summed E-state index contributed by atoms with van der Waals surface area (Å²) in [5.41, 5.74) is 7.16. The van der Waals surface area contributed by atoms with Gasteiger partial charge in [0.05, 0.1) is 4.92 Å². The van der Waals surface area contributed by atoms with Crippen molar-refractivity contribution in [3.8, 4) is 0 Å². The van der Waals surface area contributed by atoms with Crippen molar-refractivity contribution in [2.75, 3.05) is 0 Å². The fourth-order valence-electron chi connectivity index (χ4n) is 3.06. The highest BCUT2D eigenvalue weighted by atomic mass is 16.6. The molecule has 104 valence electrons. The normalized spacial score (nSPS) is 27.2. The van der Waals surface area contributed by atoms with Crippen LogP contribution < -0.4 is 5.73 Å². The zero-order valence-corrected chi connectivity index (χ0v) is 11.5. The smallest absolute Gasteiger partial charge is 0.272 e. The Bertz CT molecular complexity index is 451. The van der Waals surface area contributed by atoms with Gasteiger partial charge in [0.2, 0.25) is 0 Å². The van der Waals surface area contributed by atoms with Crippen LogP contribution in [0.25, 0.3) is 0 Å². The molecule has 2 N–H and O–H groups in total. The molecule has 1 saturated carbocycles. The van der Waals surface area contributed by atoms with Crippen LogP contribution in [0.2, 0.25) is 0 Å². The van der Waals surface area contributed by atoms with E-state index in [-0.39, 0.29) is 16.1 Å². The molecule has 1 aliphatic carbocycles. The Kier molecular flexibility index (Phi) is 4.20. The van der Waals surface area contributed by atoms with E-state index in [4.69, 9.17) is 5.73 Å². The molecule has 0 saturated heterocycles. The minimum absolute atomic E-state index is 0.199. The number of rotatable bonds is 4. The molecule has 1 fully saturated rings. The van der Waals surface area contributed by atoms with E-state index < -0.39 is 0 Å². The van der Waals surface area contributed by atoms with Crippen molar-refractivity contribution in [2.24, 2.45) is 11.7 Å². The van der Waals surface area contributed by atoms with Crippen LogP contribution in [0.15, 0.2) is 24.3 Å². The molecule has 1 aliphatic rings. The Labute approximate surface area is 114 Å². The Morgan fingerprint density at radius 2 is 2.00 bits per heavy atom. The molecular formula is C15H22N2O2. The van der Waals surface area contributed by atoms with Crippen LogP contribution in [0.3, 0.4) is 0 Å². The lowest BCUT2D eigenvalue weighted by Crippen LogP contribution is -2.45. The Hall–Kier alpha value is -1.42. The summed E-state index contributed by atoms with van der Waals surface area (Å²) in [5, 5.41) is 11.0. The molecule has 0 atom stereocenters. The molecule has 0 radical (unpaired) electrons. The number of hydrogen-bond donors (Lipinski definition) is 1. The second-order valence-electron chi connectivity index (χ2n) is 5.78. The van der Waals surface area contributed by atoms with Gasteiger partial charge in [0.25, 0.3) is 5.69 Å². The summed E-state index contributed by atoms with van der Waals surface area (Å²) in [5.74, 6) is 0.780. The van der Waals surface area contributed by atoms with Crippen molar-refractivity contribution in [3.05, 3.63) is 39.9 Å². The second kappa shape index (κ2) is 5.70. The molecule has 0 spiro atoms. The maximum Gasteiger partial charge on any atom is 0.272 e. The topological polar surface area (TPSA) is 69.2 Å². The molecule has 0 aromatic heterocycles. The van der Waals surface area contributed by atoms with E-state index in [9.17, 15) is 10.1 Å². The third-order valence-electron chi connectivity index (χ3n) is 4.41. The number of nitrogens with two attached hydrogens (primary N) is 1. The standard InChI is InChI=1S/C15H22N2O2/c1-2-12-7-9-15(16,10-8-12)11-13-5-3-4-6-14(13)17(18)19/h3-6,12H,2,7-11,16H2,1H3. The van der Waals surface area contributed by atoms with Crippen molar-refractivity contribution >= 4 is 5.69 Å². The Balaban J connectivity index is 2.11. The van der Waals surface area contributed by atoms with E-state index in [0.717, 1.165) is 37.2 Å². The summed E-state index contributed by atoms with van der Waals surface area (Å²) in [4.78, 5) is 10.7. The van der Waals surface area contributed by atoms with Crippen LogP contribution in [0.1, 0.15) is 44.6 Å². The van der Waals surface area contributed by atoms with Crippen LogP contribution in [0.4, 0.5) is 5.69 Å². The summed E-state index contributed by atoms with van der Waals surface area (Å²) in [6.45, 7) is 2.22. The van der Waals surface area contributed by atoms with Gasteiger partial charge in [0, 0.05) is 17.2 Å². The minimum Gasteiger partial charge on any atom is -0.325 e. The molecule has 1 aromatic carbocycles. The highest BCUT2D eigenvalue weighted by Crippen LogP contribution is 2.35. The zero-order valence-electron chi connectivity index (χ0n) is 11.5. The third kappa shape index (κ3) is 3.32. The van der Waals surface area contributed by atoms with Crippen molar-refractivity contribution in [2.45, 2.75) is 51.0 Å². The first kappa shape index (κ1) is 14.0. The van der Waals surface area contributed by atoms with Gasteiger partial charge in [-0.15, -0.1) is 0 Å². The molecule has 0 bridgehead atoms. The number of hydrogen-bond acceptors (Lipinski definition) is 3. The molecule has 2 rings (SSSR count). The van der Waals surface area contributed by atoms with E-state index in [1.54, 1.807) is 12.1 Å². The average molecular weight is 262 g/mol. The van der Waals surface area contributed by atoms with Gasteiger partial charge in [-0.25, -0.2) is 0 Å². The quantitative estimate of drug-likeness (QED) is 0.667. The van der Waals surface area contributed by atoms with E-state index in [1.165, 1.54) is 6.42 Å².